The lowest BCUT2D eigenvalue weighted by Crippen LogP contribution is -2.48. The van der Waals surface area contributed by atoms with Crippen molar-refractivity contribution in [3.8, 4) is 0 Å². The summed E-state index contributed by atoms with van der Waals surface area (Å²) in [5.41, 5.74) is 1.65. The van der Waals surface area contributed by atoms with E-state index in [-0.39, 0.29) is 23.8 Å². The lowest BCUT2D eigenvalue weighted by atomic mass is 9.97. The zero-order chi connectivity index (χ0) is 21.6. The average molecular weight is 422 g/mol. The highest BCUT2D eigenvalue weighted by atomic mass is 16.2. The molecule has 31 heavy (non-hydrogen) atoms. The van der Waals surface area contributed by atoms with E-state index in [1.807, 2.05) is 9.80 Å². The van der Waals surface area contributed by atoms with E-state index in [1.54, 1.807) is 42.6 Å². The molecule has 0 unspecified atom stereocenters. The molecule has 162 valence electrons. The molecule has 2 aliphatic rings. The van der Waals surface area contributed by atoms with Gasteiger partial charge in [0.25, 0.3) is 5.91 Å². The maximum atomic E-state index is 12.9. The summed E-state index contributed by atoms with van der Waals surface area (Å²) in [6.07, 6.45) is 6.79. The van der Waals surface area contributed by atoms with Gasteiger partial charge in [-0.2, -0.15) is 0 Å². The van der Waals surface area contributed by atoms with Crippen LogP contribution in [0.3, 0.4) is 0 Å². The van der Waals surface area contributed by atoms with Crippen LogP contribution in [-0.4, -0.2) is 58.8 Å². The Labute approximate surface area is 181 Å². The van der Waals surface area contributed by atoms with E-state index in [0.717, 1.165) is 38.8 Å². The Bertz CT molecular complexity index is 943. The number of carbonyl (C=O) groups excluding carboxylic acids is 3. The molecule has 2 fully saturated rings. The first-order chi connectivity index (χ1) is 15.1. The number of rotatable bonds is 4. The van der Waals surface area contributed by atoms with Gasteiger partial charge >= 0.3 is 6.03 Å². The predicted molar refractivity (Wildman–Crippen MR) is 118 cm³/mol. The molecule has 1 atom stereocenters. The molecule has 3 heterocycles. The first-order valence-corrected chi connectivity index (χ1v) is 10.8. The zero-order valence-corrected chi connectivity index (χ0v) is 17.4. The normalized spacial score (nSPS) is 18.5. The SMILES string of the molecule is O=C(Nc1cccc(NC(=O)[C@H]2CCCN(C(=O)N3CCCC3)C2)c1)c1cccnc1. The minimum absolute atomic E-state index is 0.0510. The summed E-state index contributed by atoms with van der Waals surface area (Å²) in [6.45, 7) is 2.76. The van der Waals surface area contributed by atoms with Crippen molar-refractivity contribution >= 4 is 29.2 Å². The molecule has 1 aromatic heterocycles. The van der Waals surface area contributed by atoms with Crippen molar-refractivity contribution in [3.05, 3.63) is 54.4 Å². The Morgan fingerprint density at radius 2 is 1.65 bits per heavy atom. The third-order valence-electron chi connectivity index (χ3n) is 5.75. The van der Waals surface area contributed by atoms with Gasteiger partial charge < -0.3 is 20.4 Å². The summed E-state index contributed by atoms with van der Waals surface area (Å²) in [4.78, 5) is 45.5. The van der Waals surface area contributed by atoms with Crippen LogP contribution < -0.4 is 10.6 Å². The van der Waals surface area contributed by atoms with Crippen LogP contribution in [0.2, 0.25) is 0 Å². The van der Waals surface area contributed by atoms with Gasteiger partial charge in [-0.25, -0.2) is 4.79 Å². The summed E-state index contributed by atoms with van der Waals surface area (Å²) in [5.74, 6) is -0.608. The lowest BCUT2D eigenvalue weighted by molar-refractivity contribution is -0.121. The number of likely N-dealkylation sites (tertiary alicyclic amines) is 2. The van der Waals surface area contributed by atoms with Crippen LogP contribution in [0.4, 0.5) is 16.2 Å². The number of urea groups is 1. The van der Waals surface area contributed by atoms with Gasteiger partial charge in [0.2, 0.25) is 5.91 Å². The number of piperidine rings is 1. The molecule has 0 bridgehead atoms. The average Bonchev–Trinajstić information content (AvgIpc) is 3.34. The van der Waals surface area contributed by atoms with Crippen molar-refractivity contribution in [2.45, 2.75) is 25.7 Å². The smallest absolute Gasteiger partial charge is 0.320 e. The fourth-order valence-corrected chi connectivity index (χ4v) is 4.09. The van der Waals surface area contributed by atoms with Gasteiger partial charge in [0.15, 0.2) is 0 Å². The fraction of sp³-hybridized carbons (Fsp3) is 0.391. The Morgan fingerprint density at radius 3 is 2.39 bits per heavy atom. The topological polar surface area (TPSA) is 94.6 Å². The maximum absolute atomic E-state index is 12.9. The van der Waals surface area contributed by atoms with Gasteiger partial charge in [0.1, 0.15) is 0 Å². The minimum atomic E-state index is -0.264. The highest BCUT2D eigenvalue weighted by Gasteiger charge is 2.31. The molecule has 2 saturated heterocycles. The number of nitrogens with one attached hydrogen (secondary N) is 2. The second-order valence-corrected chi connectivity index (χ2v) is 8.03. The van der Waals surface area contributed by atoms with Gasteiger partial charge in [0, 0.05) is 49.9 Å². The van der Waals surface area contributed by atoms with E-state index in [9.17, 15) is 14.4 Å². The summed E-state index contributed by atoms with van der Waals surface area (Å²) in [7, 11) is 0. The van der Waals surface area contributed by atoms with Crippen molar-refractivity contribution in [1.82, 2.24) is 14.8 Å². The van der Waals surface area contributed by atoms with Gasteiger partial charge in [-0.3, -0.25) is 14.6 Å². The van der Waals surface area contributed by atoms with Gasteiger partial charge in [-0.05, 0) is 56.0 Å². The molecule has 4 rings (SSSR count). The monoisotopic (exact) mass is 421 g/mol. The number of carbonyl (C=O) groups is 3. The quantitative estimate of drug-likeness (QED) is 0.793. The van der Waals surface area contributed by atoms with Crippen LogP contribution in [0.15, 0.2) is 48.8 Å². The van der Waals surface area contributed by atoms with Gasteiger partial charge in [0.05, 0.1) is 11.5 Å². The maximum Gasteiger partial charge on any atom is 0.320 e. The molecule has 0 spiro atoms. The standard InChI is InChI=1S/C23H27N5O3/c29-21(17-6-4-10-24-15-17)25-19-8-3-9-20(14-19)26-22(30)18-7-5-13-28(16-18)23(31)27-11-1-2-12-27/h3-4,6,8-10,14-15,18H,1-2,5,7,11-13,16H2,(H,25,29)(H,26,30)/t18-/m0/s1. The second-order valence-electron chi connectivity index (χ2n) is 8.03. The minimum Gasteiger partial charge on any atom is -0.326 e. The fourth-order valence-electron chi connectivity index (χ4n) is 4.09. The molecule has 8 nitrogen and oxygen atoms in total. The molecule has 2 aliphatic heterocycles. The van der Waals surface area contributed by atoms with Crippen LogP contribution in [0.1, 0.15) is 36.0 Å². The second kappa shape index (κ2) is 9.59. The molecule has 2 aromatic rings. The van der Waals surface area contributed by atoms with Crippen molar-refractivity contribution < 1.29 is 14.4 Å². The lowest BCUT2D eigenvalue weighted by Gasteiger charge is -2.34. The molecular weight excluding hydrogens is 394 g/mol. The summed E-state index contributed by atoms with van der Waals surface area (Å²) in [6, 6.07) is 10.5. The van der Waals surface area contributed by atoms with Crippen molar-refractivity contribution in [1.29, 1.82) is 0 Å². The highest BCUT2D eigenvalue weighted by molar-refractivity contribution is 6.04. The first-order valence-electron chi connectivity index (χ1n) is 10.8. The highest BCUT2D eigenvalue weighted by Crippen LogP contribution is 2.22. The Balaban J connectivity index is 1.35. The summed E-state index contributed by atoms with van der Waals surface area (Å²) >= 11 is 0. The third-order valence-corrected chi connectivity index (χ3v) is 5.75. The Kier molecular flexibility index (Phi) is 6.45. The number of hydrogen-bond donors (Lipinski definition) is 2. The largest absolute Gasteiger partial charge is 0.326 e. The summed E-state index contributed by atoms with van der Waals surface area (Å²) in [5, 5.41) is 5.76. The van der Waals surface area contributed by atoms with Crippen LogP contribution in [0.5, 0.6) is 0 Å². The van der Waals surface area contributed by atoms with Gasteiger partial charge in [-0.15, -0.1) is 0 Å². The number of pyridine rings is 1. The van der Waals surface area contributed by atoms with E-state index >= 15 is 0 Å². The van der Waals surface area contributed by atoms with E-state index in [4.69, 9.17) is 0 Å². The third kappa shape index (κ3) is 5.20. The number of hydrogen-bond acceptors (Lipinski definition) is 4. The van der Waals surface area contributed by atoms with Crippen molar-refractivity contribution in [3.63, 3.8) is 0 Å². The van der Waals surface area contributed by atoms with Crippen LogP contribution in [-0.2, 0) is 4.79 Å². The van der Waals surface area contributed by atoms with Crippen molar-refractivity contribution in [2.24, 2.45) is 5.92 Å². The molecular formula is C23H27N5O3. The van der Waals surface area contributed by atoms with Crippen molar-refractivity contribution in [2.75, 3.05) is 36.8 Å². The molecule has 0 aliphatic carbocycles. The molecule has 8 heteroatoms. The number of anilines is 2. The number of amides is 4. The van der Waals surface area contributed by atoms with Crippen LogP contribution in [0, 0.1) is 5.92 Å². The van der Waals surface area contributed by atoms with E-state index in [2.05, 4.69) is 15.6 Å². The molecule has 1 aromatic carbocycles. The van der Waals surface area contributed by atoms with E-state index in [1.165, 1.54) is 6.20 Å². The molecule has 0 saturated carbocycles. The first kappa shape index (κ1) is 20.8. The molecule has 0 radical (unpaired) electrons. The van der Waals surface area contributed by atoms with Gasteiger partial charge in [-0.1, -0.05) is 6.07 Å². The Morgan fingerprint density at radius 1 is 0.903 bits per heavy atom. The Hall–Kier alpha value is -3.42. The zero-order valence-electron chi connectivity index (χ0n) is 17.4. The number of nitrogens with zero attached hydrogens (tertiary/aromatic N) is 3. The van der Waals surface area contributed by atoms with Crippen LogP contribution in [0.25, 0.3) is 0 Å². The van der Waals surface area contributed by atoms with E-state index < -0.39 is 0 Å². The number of aromatic nitrogens is 1. The summed E-state index contributed by atoms with van der Waals surface area (Å²) < 4.78 is 0. The number of benzene rings is 1. The molecule has 4 amide bonds. The molecule has 2 N–H and O–H groups in total. The van der Waals surface area contributed by atoms with Crippen LogP contribution >= 0.6 is 0 Å². The van der Waals surface area contributed by atoms with E-state index in [0.29, 0.717) is 30.0 Å². The predicted octanol–water partition coefficient (Wildman–Crippen LogP) is 3.20.